The molecular weight excluding hydrogens is 222 g/mol. The minimum Gasteiger partial charge on any atom is -0.321 e. The second kappa shape index (κ2) is 4.58. The molecule has 0 aliphatic carbocycles. The van der Waals surface area contributed by atoms with Crippen LogP contribution in [0.1, 0.15) is 29.2 Å². The molecule has 2 rings (SSSR count). The van der Waals surface area contributed by atoms with E-state index < -0.39 is 0 Å². The van der Waals surface area contributed by atoms with Crippen molar-refractivity contribution >= 4 is 0 Å². The second-order valence-corrected chi connectivity index (χ2v) is 5.42. The average molecular weight is 243 g/mol. The highest BCUT2D eigenvalue weighted by Crippen LogP contribution is 2.24. The third-order valence-corrected chi connectivity index (χ3v) is 3.50. The molecular formula is C15H21N3. The van der Waals surface area contributed by atoms with Crippen molar-refractivity contribution in [2.75, 3.05) is 0 Å². The van der Waals surface area contributed by atoms with Crippen LogP contribution in [0.2, 0.25) is 0 Å². The van der Waals surface area contributed by atoms with Gasteiger partial charge in [-0.05, 0) is 49.4 Å². The van der Waals surface area contributed by atoms with Crippen LogP contribution in [0.3, 0.4) is 0 Å². The molecule has 0 fully saturated rings. The van der Waals surface area contributed by atoms with Crippen LogP contribution < -0.4 is 5.73 Å². The predicted molar refractivity (Wildman–Crippen MR) is 74.4 cm³/mol. The molecule has 0 bridgehead atoms. The molecule has 0 saturated heterocycles. The first-order valence-electron chi connectivity index (χ1n) is 6.22. The molecule has 0 saturated carbocycles. The van der Waals surface area contributed by atoms with Crippen molar-refractivity contribution in [2.45, 2.75) is 32.7 Å². The van der Waals surface area contributed by atoms with E-state index in [9.17, 15) is 0 Å². The average Bonchev–Trinajstić information content (AvgIpc) is 2.67. The molecule has 1 heterocycles. The molecule has 1 aromatic heterocycles. The number of hydrogen-bond acceptors (Lipinski definition) is 2. The van der Waals surface area contributed by atoms with Gasteiger partial charge >= 0.3 is 0 Å². The van der Waals surface area contributed by atoms with Crippen LogP contribution in [-0.2, 0) is 19.0 Å². The van der Waals surface area contributed by atoms with E-state index in [1.807, 2.05) is 24.1 Å². The Morgan fingerprint density at radius 1 is 1.28 bits per heavy atom. The quantitative estimate of drug-likeness (QED) is 0.900. The van der Waals surface area contributed by atoms with Crippen LogP contribution in [0.4, 0.5) is 0 Å². The zero-order valence-corrected chi connectivity index (χ0v) is 11.6. The van der Waals surface area contributed by atoms with Gasteiger partial charge in [-0.1, -0.05) is 18.2 Å². The van der Waals surface area contributed by atoms with Gasteiger partial charge in [0.2, 0.25) is 0 Å². The van der Waals surface area contributed by atoms with Gasteiger partial charge in [0, 0.05) is 18.8 Å². The van der Waals surface area contributed by atoms with Crippen molar-refractivity contribution in [3.05, 3.63) is 52.8 Å². The van der Waals surface area contributed by atoms with E-state index in [4.69, 9.17) is 5.73 Å². The van der Waals surface area contributed by atoms with E-state index in [1.165, 1.54) is 22.3 Å². The van der Waals surface area contributed by atoms with E-state index in [0.29, 0.717) is 0 Å². The molecule has 0 aliphatic heterocycles. The van der Waals surface area contributed by atoms with E-state index >= 15 is 0 Å². The predicted octanol–water partition coefficient (Wildman–Crippen LogP) is 2.45. The molecule has 3 heteroatoms. The van der Waals surface area contributed by atoms with E-state index in [1.54, 1.807) is 0 Å². The van der Waals surface area contributed by atoms with Crippen LogP contribution in [0, 0.1) is 13.8 Å². The normalized spacial score (nSPS) is 14.5. The number of aromatic nitrogens is 2. The lowest BCUT2D eigenvalue weighted by Gasteiger charge is -2.25. The highest BCUT2D eigenvalue weighted by atomic mass is 15.2. The Kier molecular flexibility index (Phi) is 3.26. The lowest BCUT2D eigenvalue weighted by atomic mass is 9.86. The van der Waals surface area contributed by atoms with Crippen LogP contribution in [0.25, 0.3) is 0 Å². The monoisotopic (exact) mass is 243 g/mol. The minimum absolute atomic E-state index is 0.360. The molecule has 1 aromatic carbocycles. The molecule has 0 amide bonds. The largest absolute Gasteiger partial charge is 0.321 e. The third kappa shape index (κ3) is 2.62. The maximum Gasteiger partial charge on any atom is 0.0522 e. The smallest absolute Gasteiger partial charge is 0.0522 e. The van der Waals surface area contributed by atoms with Crippen molar-refractivity contribution in [3.8, 4) is 0 Å². The van der Waals surface area contributed by atoms with Gasteiger partial charge in [-0.3, -0.25) is 4.68 Å². The summed E-state index contributed by atoms with van der Waals surface area (Å²) in [6.07, 6.45) is 4.70. The van der Waals surface area contributed by atoms with Crippen molar-refractivity contribution in [1.82, 2.24) is 9.78 Å². The van der Waals surface area contributed by atoms with Crippen molar-refractivity contribution in [1.29, 1.82) is 0 Å². The van der Waals surface area contributed by atoms with Gasteiger partial charge in [0.15, 0.2) is 0 Å². The minimum atomic E-state index is -0.360. The molecule has 2 aromatic rings. The Hall–Kier alpha value is -1.61. The zero-order chi connectivity index (χ0) is 13.3. The van der Waals surface area contributed by atoms with Crippen molar-refractivity contribution in [2.24, 2.45) is 12.8 Å². The molecule has 1 unspecified atom stereocenters. The molecule has 3 nitrogen and oxygen atoms in total. The lowest BCUT2D eigenvalue weighted by Crippen LogP contribution is -2.35. The summed E-state index contributed by atoms with van der Waals surface area (Å²) in [7, 11) is 1.92. The van der Waals surface area contributed by atoms with Gasteiger partial charge in [0.25, 0.3) is 0 Å². The van der Waals surface area contributed by atoms with Crippen LogP contribution in [0.15, 0.2) is 30.6 Å². The summed E-state index contributed by atoms with van der Waals surface area (Å²) in [6, 6.07) is 6.45. The fourth-order valence-corrected chi connectivity index (χ4v) is 2.19. The maximum atomic E-state index is 6.46. The summed E-state index contributed by atoms with van der Waals surface area (Å²) in [5.74, 6) is 0. The zero-order valence-electron chi connectivity index (χ0n) is 11.6. The number of nitrogens with zero attached hydrogens (tertiary/aromatic N) is 2. The molecule has 0 aliphatic rings. The van der Waals surface area contributed by atoms with Gasteiger partial charge in [-0.15, -0.1) is 0 Å². The summed E-state index contributed by atoms with van der Waals surface area (Å²) in [5.41, 5.74) is 11.0. The molecule has 2 N–H and O–H groups in total. The first-order chi connectivity index (χ1) is 8.38. The summed E-state index contributed by atoms with van der Waals surface area (Å²) < 4.78 is 1.81. The lowest BCUT2D eigenvalue weighted by molar-refractivity contribution is 0.491. The van der Waals surface area contributed by atoms with Gasteiger partial charge in [0.05, 0.1) is 6.20 Å². The molecule has 0 radical (unpaired) electrons. The van der Waals surface area contributed by atoms with Gasteiger partial charge in [-0.25, -0.2) is 0 Å². The first-order valence-corrected chi connectivity index (χ1v) is 6.22. The first kappa shape index (κ1) is 12.8. The Bertz CT molecular complexity index is 553. The van der Waals surface area contributed by atoms with Gasteiger partial charge < -0.3 is 5.73 Å². The number of rotatable bonds is 3. The number of hydrogen-bond donors (Lipinski definition) is 1. The number of nitrogens with two attached hydrogens (primary N) is 1. The van der Waals surface area contributed by atoms with Gasteiger partial charge in [0.1, 0.15) is 0 Å². The highest BCUT2D eigenvalue weighted by Gasteiger charge is 2.22. The fourth-order valence-electron chi connectivity index (χ4n) is 2.19. The Morgan fingerprint density at radius 2 is 2.00 bits per heavy atom. The van der Waals surface area contributed by atoms with Gasteiger partial charge in [-0.2, -0.15) is 5.10 Å². The van der Waals surface area contributed by atoms with E-state index in [2.05, 4.69) is 44.1 Å². The summed E-state index contributed by atoms with van der Waals surface area (Å²) in [4.78, 5) is 0. The van der Waals surface area contributed by atoms with Crippen LogP contribution in [-0.4, -0.2) is 9.78 Å². The number of benzene rings is 1. The van der Waals surface area contributed by atoms with E-state index in [0.717, 1.165) is 6.42 Å². The summed E-state index contributed by atoms with van der Waals surface area (Å²) in [6.45, 7) is 6.32. The van der Waals surface area contributed by atoms with Crippen LogP contribution >= 0.6 is 0 Å². The van der Waals surface area contributed by atoms with Crippen molar-refractivity contribution < 1.29 is 0 Å². The molecule has 96 valence electrons. The molecule has 0 spiro atoms. The molecule has 18 heavy (non-hydrogen) atoms. The maximum absolute atomic E-state index is 6.46. The van der Waals surface area contributed by atoms with Crippen molar-refractivity contribution in [3.63, 3.8) is 0 Å². The standard InChI is InChI=1S/C15H21N3/c1-11-5-6-14(7-12(11)2)15(3,16)8-13-9-17-18(4)10-13/h5-7,9-10H,8,16H2,1-4H3. The highest BCUT2D eigenvalue weighted by molar-refractivity contribution is 5.34. The Balaban J connectivity index is 2.26. The topological polar surface area (TPSA) is 43.8 Å². The fraction of sp³-hybridized carbons (Fsp3) is 0.400. The second-order valence-electron chi connectivity index (χ2n) is 5.42. The Labute approximate surface area is 109 Å². The summed E-state index contributed by atoms with van der Waals surface area (Å²) >= 11 is 0. The molecule has 1 atom stereocenters. The SMILES string of the molecule is Cc1ccc(C(C)(N)Cc2cnn(C)c2)cc1C. The van der Waals surface area contributed by atoms with E-state index in [-0.39, 0.29) is 5.54 Å². The third-order valence-electron chi connectivity index (χ3n) is 3.50. The summed E-state index contributed by atoms with van der Waals surface area (Å²) in [5, 5.41) is 4.19. The van der Waals surface area contributed by atoms with Crippen LogP contribution in [0.5, 0.6) is 0 Å². The number of aryl methyl sites for hydroxylation is 3. The Morgan fingerprint density at radius 3 is 2.56 bits per heavy atom.